The first-order valence-corrected chi connectivity index (χ1v) is 8.09. The second-order valence-corrected chi connectivity index (χ2v) is 5.97. The Balaban J connectivity index is 1.50. The van der Waals surface area contributed by atoms with E-state index in [4.69, 9.17) is 0 Å². The van der Waals surface area contributed by atoms with E-state index in [-0.39, 0.29) is 0 Å². The van der Waals surface area contributed by atoms with Crippen molar-refractivity contribution in [2.45, 2.75) is 6.42 Å². The van der Waals surface area contributed by atoms with Crippen LogP contribution in [0.25, 0.3) is 16.2 Å². The lowest BCUT2D eigenvalue weighted by Gasteiger charge is -2.02. The predicted molar refractivity (Wildman–Crippen MR) is 90.5 cm³/mol. The van der Waals surface area contributed by atoms with Gasteiger partial charge in [-0.2, -0.15) is 0 Å². The molecular formula is C16H14N6S. The Hall–Kier alpha value is -2.80. The molecule has 0 radical (unpaired) electrons. The lowest BCUT2D eigenvalue weighted by Crippen LogP contribution is -2.05. The third kappa shape index (κ3) is 2.91. The summed E-state index contributed by atoms with van der Waals surface area (Å²) in [7, 11) is 0. The third-order valence-corrected chi connectivity index (χ3v) is 4.38. The Labute approximate surface area is 136 Å². The topological polar surface area (TPSA) is 68.0 Å². The lowest BCUT2D eigenvalue weighted by molar-refractivity contribution is 0.951. The van der Waals surface area contributed by atoms with Crippen LogP contribution in [0, 0.1) is 0 Å². The number of rotatable bonds is 5. The van der Waals surface area contributed by atoms with E-state index in [0.29, 0.717) is 0 Å². The number of nitrogens with one attached hydrogen (secondary N) is 1. The standard InChI is InChI=1S/C16H14N6S/c1-6-17-7-2-12(1)3-10-19-15-21-22-14(11-20-16(22)23-15)13-4-8-18-9-5-13/h1-2,4-9,11H,3,10H2,(H,19,21). The molecule has 114 valence electrons. The fourth-order valence-electron chi connectivity index (χ4n) is 2.35. The van der Waals surface area contributed by atoms with Crippen molar-refractivity contribution in [3.8, 4) is 11.3 Å². The van der Waals surface area contributed by atoms with E-state index >= 15 is 0 Å². The number of anilines is 1. The monoisotopic (exact) mass is 322 g/mol. The SMILES string of the molecule is c1cc(CCNc2nn3c(-c4ccncc4)cnc3s2)ccn1. The van der Waals surface area contributed by atoms with Crippen LogP contribution in [0.5, 0.6) is 0 Å². The fourth-order valence-corrected chi connectivity index (χ4v) is 3.15. The predicted octanol–water partition coefficient (Wildman–Crippen LogP) is 2.90. The van der Waals surface area contributed by atoms with Gasteiger partial charge in [-0.05, 0) is 36.2 Å². The summed E-state index contributed by atoms with van der Waals surface area (Å²) in [4.78, 5) is 13.4. The Morgan fingerprint density at radius 3 is 2.52 bits per heavy atom. The van der Waals surface area contributed by atoms with Crippen molar-refractivity contribution < 1.29 is 0 Å². The molecule has 0 aliphatic heterocycles. The van der Waals surface area contributed by atoms with Crippen LogP contribution in [-0.2, 0) is 6.42 Å². The molecule has 0 aliphatic carbocycles. The Bertz CT molecular complexity index is 900. The normalized spacial score (nSPS) is 11.0. The van der Waals surface area contributed by atoms with Crippen LogP contribution in [0.15, 0.2) is 55.2 Å². The minimum Gasteiger partial charge on any atom is -0.360 e. The average molecular weight is 322 g/mol. The van der Waals surface area contributed by atoms with Crippen molar-refractivity contribution in [2.75, 3.05) is 11.9 Å². The van der Waals surface area contributed by atoms with E-state index < -0.39 is 0 Å². The number of hydrogen-bond donors (Lipinski definition) is 1. The van der Waals surface area contributed by atoms with Crippen molar-refractivity contribution in [1.82, 2.24) is 24.6 Å². The molecule has 0 unspecified atom stereocenters. The molecule has 6 nitrogen and oxygen atoms in total. The lowest BCUT2D eigenvalue weighted by atomic mass is 10.2. The molecule has 4 aromatic heterocycles. The van der Waals surface area contributed by atoms with Gasteiger partial charge in [0.05, 0.1) is 11.9 Å². The summed E-state index contributed by atoms with van der Waals surface area (Å²) in [6.07, 6.45) is 9.95. The van der Waals surface area contributed by atoms with Gasteiger partial charge in [-0.1, -0.05) is 11.3 Å². The molecule has 4 rings (SSSR count). The maximum absolute atomic E-state index is 4.61. The summed E-state index contributed by atoms with van der Waals surface area (Å²) < 4.78 is 1.87. The summed E-state index contributed by atoms with van der Waals surface area (Å²) in [6.45, 7) is 0.825. The first-order chi connectivity index (χ1) is 11.4. The van der Waals surface area contributed by atoms with Crippen molar-refractivity contribution in [1.29, 1.82) is 0 Å². The molecule has 0 saturated heterocycles. The molecule has 0 aromatic carbocycles. The summed E-state index contributed by atoms with van der Waals surface area (Å²) in [6, 6.07) is 7.97. The van der Waals surface area contributed by atoms with Gasteiger partial charge in [0.25, 0.3) is 0 Å². The van der Waals surface area contributed by atoms with E-state index in [0.717, 1.165) is 34.3 Å². The molecule has 0 atom stereocenters. The highest BCUT2D eigenvalue weighted by Crippen LogP contribution is 2.25. The number of fused-ring (bicyclic) bond motifs is 1. The largest absolute Gasteiger partial charge is 0.360 e. The van der Waals surface area contributed by atoms with Gasteiger partial charge in [-0.3, -0.25) is 9.97 Å². The zero-order chi connectivity index (χ0) is 15.5. The van der Waals surface area contributed by atoms with Crippen molar-refractivity contribution in [3.63, 3.8) is 0 Å². The Morgan fingerprint density at radius 2 is 1.74 bits per heavy atom. The van der Waals surface area contributed by atoms with Crippen molar-refractivity contribution in [2.24, 2.45) is 0 Å². The third-order valence-electron chi connectivity index (χ3n) is 3.50. The smallest absolute Gasteiger partial charge is 0.214 e. The highest BCUT2D eigenvalue weighted by Gasteiger charge is 2.11. The van der Waals surface area contributed by atoms with Gasteiger partial charge in [0.2, 0.25) is 10.1 Å². The fraction of sp³-hybridized carbons (Fsp3) is 0.125. The summed E-state index contributed by atoms with van der Waals surface area (Å²) in [5.74, 6) is 0. The van der Waals surface area contributed by atoms with Crippen LogP contribution in [-0.4, -0.2) is 31.1 Å². The van der Waals surface area contributed by atoms with E-state index in [9.17, 15) is 0 Å². The highest BCUT2D eigenvalue weighted by atomic mass is 32.1. The molecule has 0 aliphatic rings. The Kier molecular flexibility index (Phi) is 3.69. The molecule has 0 spiro atoms. The molecule has 4 heterocycles. The van der Waals surface area contributed by atoms with Crippen LogP contribution in [0.1, 0.15) is 5.56 Å². The van der Waals surface area contributed by atoms with Crippen LogP contribution in [0.2, 0.25) is 0 Å². The molecule has 23 heavy (non-hydrogen) atoms. The van der Waals surface area contributed by atoms with Crippen molar-refractivity contribution in [3.05, 3.63) is 60.8 Å². The number of nitrogens with zero attached hydrogens (tertiary/aromatic N) is 5. The van der Waals surface area contributed by atoms with E-state index in [2.05, 4.69) is 25.4 Å². The minimum atomic E-state index is 0.825. The molecule has 0 bridgehead atoms. The summed E-state index contributed by atoms with van der Waals surface area (Å²) in [5, 5.41) is 8.84. The quantitative estimate of drug-likeness (QED) is 0.612. The second-order valence-electron chi connectivity index (χ2n) is 5.01. The van der Waals surface area contributed by atoms with Crippen LogP contribution in [0.4, 0.5) is 5.13 Å². The van der Waals surface area contributed by atoms with Crippen LogP contribution in [0.3, 0.4) is 0 Å². The van der Waals surface area contributed by atoms with Crippen molar-refractivity contribution >= 4 is 21.4 Å². The second kappa shape index (κ2) is 6.13. The highest BCUT2D eigenvalue weighted by molar-refractivity contribution is 7.20. The first-order valence-electron chi connectivity index (χ1n) is 7.28. The van der Waals surface area contributed by atoms with Gasteiger partial charge in [0.15, 0.2) is 0 Å². The van der Waals surface area contributed by atoms with Gasteiger partial charge in [-0.25, -0.2) is 9.50 Å². The summed E-state index contributed by atoms with van der Waals surface area (Å²) >= 11 is 1.55. The first kappa shape index (κ1) is 13.8. The maximum atomic E-state index is 4.61. The Morgan fingerprint density at radius 1 is 1.00 bits per heavy atom. The van der Waals surface area contributed by atoms with Gasteiger partial charge >= 0.3 is 0 Å². The molecule has 7 heteroatoms. The molecule has 0 amide bonds. The van der Waals surface area contributed by atoms with Gasteiger partial charge in [0.1, 0.15) is 0 Å². The zero-order valence-corrected chi connectivity index (χ0v) is 13.1. The number of hydrogen-bond acceptors (Lipinski definition) is 6. The van der Waals surface area contributed by atoms with Crippen LogP contribution >= 0.6 is 11.3 Å². The van der Waals surface area contributed by atoms with E-state index in [1.807, 2.05) is 47.4 Å². The van der Waals surface area contributed by atoms with Gasteiger partial charge < -0.3 is 5.32 Å². The van der Waals surface area contributed by atoms with Gasteiger partial charge in [-0.15, -0.1) is 5.10 Å². The molecule has 4 aromatic rings. The van der Waals surface area contributed by atoms with E-state index in [1.54, 1.807) is 23.7 Å². The van der Waals surface area contributed by atoms with Crippen LogP contribution < -0.4 is 5.32 Å². The minimum absolute atomic E-state index is 0.825. The maximum Gasteiger partial charge on any atom is 0.214 e. The number of imidazole rings is 1. The molecule has 1 N–H and O–H groups in total. The average Bonchev–Trinajstić information content (AvgIpc) is 3.17. The van der Waals surface area contributed by atoms with E-state index in [1.165, 1.54) is 5.56 Å². The molecule has 0 saturated carbocycles. The zero-order valence-electron chi connectivity index (χ0n) is 12.3. The number of pyridine rings is 2. The number of aromatic nitrogens is 5. The summed E-state index contributed by atoms with van der Waals surface area (Å²) in [5.41, 5.74) is 3.29. The van der Waals surface area contributed by atoms with Gasteiger partial charge in [0, 0.05) is 36.9 Å². The molecular weight excluding hydrogens is 308 g/mol. The molecule has 0 fully saturated rings.